The number of rotatable bonds is 4. The van der Waals surface area contributed by atoms with Crippen molar-refractivity contribution in [2.24, 2.45) is 0 Å². The van der Waals surface area contributed by atoms with E-state index in [-0.39, 0.29) is 0 Å². The van der Waals surface area contributed by atoms with Gasteiger partial charge in [0.2, 0.25) is 0 Å². The molecule has 0 radical (unpaired) electrons. The topological polar surface area (TPSA) is 35.8 Å². The molecule has 2 heteroatoms. The Balaban J connectivity index is 2.72. The molecular formula is C14H20N2. The molecule has 2 nitrogen and oxygen atoms in total. The van der Waals surface area contributed by atoms with E-state index < -0.39 is 5.54 Å². The minimum atomic E-state index is -0.419. The van der Waals surface area contributed by atoms with Gasteiger partial charge in [-0.05, 0) is 51.8 Å². The van der Waals surface area contributed by atoms with Gasteiger partial charge >= 0.3 is 0 Å². The smallest absolute Gasteiger partial charge is 0.104 e. The Bertz CT molecular complexity index is 404. The van der Waals surface area contributed by atoms with Crippen molar-refractivity contribution in [1.82, 2.24) is 5.32 Å². The molecule has 0 aromatic heterocycles. The summed E-state index contributed by atoms with van der Waals surface area (Å²) in [6, 6.07) is 8.81. The predicted octanol–water partition coefficient (Wildman–Crippen LogP) is 2.74. The van der Waals surface area contributed by atoms with Crippen LogP contribution in [0.15, 0.2) is 18.2 Å². The standard InChI is InChI=1S/C14H20N2/c1-11-5-6-13(12(2)9-11)7-8-14(3,10-15)16-4/h5-6,9,16H,7-8H2,1-4H3. The zero-order valence-electron chi connectivity index (χ0n) is 10.6. The summed E-state index contributed by atoms with van der Waals surface area (Å²) in [5.41, 5.74) is 3.52. The van der Waals surface area contributed by atoms with Crippen LogP contribution in [-0.2, 0) is 6.42 Å². The van der Waals surface area contributed by atoms with Gasteiger partial charge in [0.1, 0.15) is 5.54 Å². The molecule has 16 heavy (non-hydrogen) atoms. The van der Waals surface area contributed by atoms with Crippen LogP contribution in [0, 0.1) is 25.2 Å². The van der Waals surface area contributed by atoms with E-state index in [2.05, 4.69) is 43.4 Å². The van der Waals surface area contributed by atoms with E-state index in [0.717, 1.165) is 12.8 Å². The van der Waals surface area contributed by atoms with Crippen LogP contribution in [0.5, 0.6) is 0 Å². The predicted molar refractivity (Wildman–Crippen MR) is 67.3 cm³/mol. The Morgan fingerprint density at radius 1 is 1.38 bits per heavy atom. The number of aryl methyl sites for hydroxylation is 3. The summed E-state index contributed by atoms with van der Waals surface area (Å²) in [6.07, 6.45) is 1.78. The maximum Gasteiger partial charge on any atom is 0.104 e. The Hall–Kier alpha value is -1.33. The highest BCUT2D eigenvalue weighted by Gasteiger charge is 2.20. The van der Waals surface area contributed by atoms with Crippen molar-refractivity contribution in [1.29, 1.82) is 5.26 Å². The van der Waals surface area contributed by atoms with E-state index in [9.17, 15) is 0 Å². The first kappa shape index (κ1) is 12.7. The summed E-state index contributed by atoms with van der Waals surface area (Å²) in [4.78, 5) is 0. The van der Waals surface area contributed by atoms with Crippen LogP contribution in [0.25, 0.3) is 0 Å². The van der Waals surface area contributed by atoms with Crippen LogP contribution in [0.4, 0.5) is 0 Å². The normalized spacial score (nSPS) is 14.2. The zero-order valence-corrected chi connectivity index (χ0v) is 10.6. The van der Waals surface area contributed by atoms with Gasteiger partial charge in [-0.2, -0.15) is 5.26 Å². The quantitative estimate of drug-likeness (QED) is 0.840. The van der Waals surface area contributed by atoms with Crippen molar-refractivity contribution in [2.45, 2.75) is 39.2 Å². The third-order valence-electron chi connectivity index (χ3n) is 3.19. The van der Waals surface area contributed by atoms with Crippen molar-refractivity contribution < 1.29 is 0 Å². The second kappa shape index (κ2) is 5.14. The molecule has 0 aliphatic heterocycles. The maximum absolute atomic E-state index is 9.06. The van der Waals surface area contributed by atoms with Crippen LogP contribution in [0.2, 0.25) is 0 Å². The molecule has 1 N–H and O–H groups in total. The summed E-state index contributed by atoms with van der Waals surface area (Å²) >= 11 is 0. The fourth-order valence-electron chi connectivity index (χ4n) is 1.75. The Kier molecular flexibility index (Phi) is 4.09. The average Bonchev–Trinajstić information content (AvgIpc) is 2.27. The molecule has 0 heterocycles. The van der Waals surface area contributed by atoms with Crippen molar-refractivity contribution >= 4 is 0 Å². The molecule has 86 valence electrons. The highest BCUT2D eigenvalue weighted by atomic mass is 14.9. The van der Waals surface area contributed by atoms with Crippen molar-refractivity contribution in [2.75, 3.05) is 7.05 Å². The summed E-state index contributed by atoms with van der Waals surface area (Å²) in [5.74, 6) is 0. The van der Waals surface area contributed by atoms with E-state index in [0.29, 0.717) is 0 Å². The fourth-order valence-corrected chi connectivity index (χ4v) is 1.75. The third kappa shape index (κ3) is 3.08. The van der Waals surface area contributed by atoms with Gasteiger partial charge in [-0.25, -0.2) is 0 Å². The Morgan fingerprint density at radius 2 is 2.06 bits per heavy atom. The first-order valence-corrected chi connectivity index (χ1v) is 5.67. The molecule has 1 atom stereocenters. The van der Waals surface area contributed by atoms with Crippen LogP contribution in [0.3, 0.4) is 0 Å². The summed E-state index contributed by atoms with van der Waals surface area (Å²) in [5, 5.41) is 12.1. The molecule has 0 saturated heterocycles. The summed E-state index contributed by atoms with van der Waals surface area (Å²) in [7, 11) is 1.84. The first-order valence-electron chi connectivity index (χ1n) is 5.67. The van der Waals surface area contributed by atoms with Crippen LogP contribution in [0.1, 0.15) is 30.0 Å². The van der Waals surface area contributed by atoms with Gasteiger partial charge in [-0.1, -0.05) is 23.8 Å². The Labute approximate surface area is 98.3 Å². The highest BCUT2D eigenvalue weighted by Crippen LogP contribution is 2.17. The van der Waals surface area contributed by atoms with E-state index >= 15 is 0 Å². The number of nitrogens with zero attached hydrogens (tertiary/aromatic N) is 1. The molecule has 1 aromatic carbocycles. The average molecular weight is 216 g/mol. The first-order chi connectivity index (χ1) is 7.50. The lowest BCUT2D eigenvalue weighted by Gasteiger charge is -2.21. The molecule has 1 aromatic rings. The van der Waals surface area contributed by atoms with Gasteiger partial charge in [-0.3, -0.25) is 0 Å². The fraction of sp³-hybridized carbons (Fsp3) is 0.500. The number of benzene rings is 1. The monoisotopic (exact) mass is 216 g/mol. The molecule has 0 aliphatic rings. The molecule has 0 bridgehead atoms. The third-order valence-corrected chi connectivity index (χ3v) is 3.19. The van der Waals surface area contributed by atoms with E-state index in [1.165, 1.54) is 16.7 Å². The molecular weight excluding hydrogens is 196 g/mol. The SMILES string of the molecule is CNC(C)(C#N)CCc1ccc(C)cc1C. The van der Waals surface area contributed by atoms with Gasteiger partial charge in [-0.15, -0.1) is 0 Å². The van der Waals surface area contributed by atoms with Crippen molar-refractivity contribution in [3.63, 3.8) is 0 Å². The molecule has 0 aliphatic carbocycles. The van der Waals surface area contributed by atoms with Crippen LogP contribution in [-0.4, -0.2) is 12.6 Å². The Morgan fingerprint density at radius 3 is 2.56 bits per heavy atom. The molecule has 0 saturated carbocycles. The molecule has 1 unspecified atom stereocenters. The summed E-state index contributed by atoms with van der Waals surface area (Å²) in [6.45, 7) is 6.17. The molecule has 0 spiro atoms. The second-order valence-electron chi connectivity index (χ2n) is 4.62. The minimum Gasteiger partial charge on any atom is -0.303 e. The molecule has 0 amide bonds. The number of nitrogens with one attached hydrogen (secondary N) is 1. The second-order valence-corrected chi connectivity index (χ2v) is 4.62. The van der Waals surface area contributed by atoms with Crippen LogP contribution >= 0.6 is 0 Å². The maximum atomic E-state index is 9.06. The van der Waals surface area contributed by atoms with E-state index in [1.54, 1.807) is 0 Å². The van der Waals surface area contributed by atoms with Gasteiger partial charge in [0.05, 0.1) is 6.07 Å². The lowest BCUT2D eigenvalue weighted by Crippen LogP contribution is -2.38. The van der Waals surface area contributed by atoms with Gasteiger partial charge in [0, 0.05) is 0 Å². The zero-order chi connectivity index (χ0) is 12.2. The number of hydrogen-bond acceptors (Lipinski definition) is 2. The van der Waals surface area contributed by atoms with Gasteiger partial charge in [0.15, 0.2) is 0 Å². The molecule has 0 fully saturated rings. The number of hydrogen-bond donors (Lipinski definition) is 1. The van der Waals surface area contributed by atoms with Crippen molar-refractivity contribution in [3.05, 3.63) is 34.9 Å². The minimum absolute atomic E-state index is 0.419. The largest absolute Gasteiger partial charge is 0.303 e. The molecule has 1 rings (SSSR count). The highest BCUT2D eigenvalue weighted by molar-refractivity contribution is 5.30. The van der Waals surface area contributed by atoms with E-state index in [4.69, 9.17) is 5.26 Å². The van der Waals surface area contributed by atoms with E-state index in [1.807, 2.05) is 14.0 Å². The summed E-state index contributed by atoms with van der Waals surface area (Å²) < 4.78 is 0. The lowest BCUT2D eigenvalue weighted by molar-refractivity contribution is 0.455. The van der Waals surface area contributed by atoms with Gasteiger partial charge < -0.3 is 5.32 Å². The van der Waals surface area contributed by atoms with Crippen LogP contribution < -0.4 is 5.32 Å². The number of nitriles is 1. The lowest BCUT2D eigenvalue weighted by atomic mass is 9.93. The van der Waals surface area contributed by atoms with Gasteiger partial charge in [0.25, 0.3) is 0 Å². The van der Waals surface area contributed by atoms with Crippen molar-refractivity contribution in [3.8, 4) is 6.07 Å².